The lowest BCUT2D eigenvalue weighted by atomic mass is 10.1. The monoisotopic (exact) mass is 362 g/mol. The van der Waals surface area contributed by atoms with Gasteiger partial charge in [-0.1, -0.05) is 48.5 Å². The minimum absolute atomic E-state index is 0. The molecular weight excluding hydrogens is 336 g/mol. The van der Waals surface area contributed by atoms with Crippen LogP contribution < -0.4 is 11.1 Å². The van der Waals surface area contributed by atoms with Crippen LogP contribution in [0.15, 0.2) is 54.6 Å². The SMILES string of the molecule is CC(OCCCNC(=O)CCc1ccccc1N)c1ccccc1.Cl. The zero-order valence-electron chi connectivity index (χ0n) is 14.6. The fourth-order valence-corrected chi connectivity index (χ4v) is 2.48. The largest absolute Gasteiger partial charge is 0.399 e. The van der Waals surface area contributed by atoms with E-state index in [1.165, 1.54) is 5.56 Å². The predicted molar refractivity (Wildman–Crippen MR) is 105 cm³/mol. The summed E-state index contributed by atoms with van der Waals surface area (Å²) in [5.41, 5.74) is 8.81. The third-order valence-corrected chi connectivity index (χ3v) is 3.96. The number of ether oxygens (including phenoxy) is 1. The zero-order chi connectivity index (χ0) is 17.2. The van der Waals surface area contributed by atoms with E-state index in [1.54, 1.807) is 0 Å². The highest BCUT2D eigenvalue weighted by atomic mass is 35.5. The van der Waals surface area contributed by atoms with Gasteiger partial charge >= 0.3 is 0 Å². The molecule has 0 fully saturated rings. The number of amides is 1. The molecule has 2 rings (SSSR count). The van der Waals surface area contributed by atoms with Gasteiger partial charge in [0.15, 0.2) is 0 Å². The Morgan fingerprint density at radius 3 is 2.52 bits per heavy atom. The molecule has 0 saturated carbocycles. The summed E-state index contributed by atoms with van der Waals surface area (Å²) in [7, 11) is 0. The Labute approximate surface area is 156 Å². The Morgan fingerprint density at radius 2 is 1.80 bits per heavy atom. The number of nitrogens with two attached hydrogens (primary N) is 1. The van der Waals surface area contributed by atoms with Crippen LogP contribution in [0, 0.1) is 0 Å². The van der Waals surface area contributed by atoms with Crippen LogP contribution in [0.25, 0.3) is 0 Å². The summed E-state index contributed by atoms with van der Waals surface area (Å²) in [5.74, 6) is 0.0503. The topological polar surface area (TPSA) is 64.3 Å². The lowest BCUT2D eigenvalue weighted by Crippen LogP contribution is -2.25. The number of halogens is 1. The Bertz CT molecular complexity index is 635. The van der Waals surface area contributed by atoms with Crippen LogP contribution >= 0.6 is 12.4 Å². The Morgan fingerprint density at radius 1 is 1.12 bits per heavy atom. The number of carbonyl (C=O) groups is 1. The maximum Gasteiger partial charge on any atom is 0.220 e. The first kappa shape index (κ1) is 21.0. The second kappa shape index (κ2) is 11.5. The number of anilines is 1. The lowest BCUT2D eigenvalue weighted by Gasteiger charge is -2.13. The number of hydrogen-bond donors (Lipinski definition) is 2. The molecule has 1 unspecified atom stereocenters. The Kier molecular flexibility index (Phi) is 9.66. The van der Waals surface area contributed by atoms with Gasteiger partial charge < -0.3 is 15.8 Å². The van der Waals surface area contributed by atoms with Gasteiger partial charge in [-0.05, 0) is 37.0 Å². The minimum Gasteiger partial charge on any atom is -0.399 e. The lowest BCUT2D eigenvalue weighted by molar-refractivity contribution is -0.121. The summed E-state index contributed by atoms with van der Waals surface area (Å²) < 4.78 is 5.79. The number of hydrogen-bond acceptors (Lipinski definition) is 3. The van der Waals surface area contributed by atoms with Crippen LogP contribution in [0.2, 0.25) is 0 Å². The number of rotatable bonds is 9. The number of carbonyl (C=O) groups excluding carboxylic acids is 1. The molecule has 136 valence electrons. The van der Waals surface area contributed by atoms with Gasteiger partial charge in [-0.2, -0.15) is 0 Å². The van der Waals surface area contributed by atoms with Gasteiger partial charge in [0.2, 0.25) is 5.91 Å². The van der Waals surface area contributed by atoms with Gasteiger partial charge in [-0.3, -0.25) is 4.79 Å². The van der Waals surface area contributed by atoms with Crippen LogP contribution in [-0.4, -0.2) is 19.1 Å². The van der Waals surface area contributed by atoms with Gasteiger partial charge in [-0.15, -0.1) is 12.4 Å². The van der Waals surface area contributed by atoms with Gasteiger partial charge in [-0.25, -0.2) is 0 Å². The van der Waals surface area contributed by atoms with Crippen LogP contribution in [0.4, 0.5) is 5.69 Å². The third kappa shape index (κ3) is 7.59. The smallest absolute Gasteiger partial charge is 0.220 e. The molecule has 0 spiro atoms. The van der Waals surface area contributed by atoms with Crippen molar-refractivity contribution in [2.24, 2.45) is 0 Å². The van der Waals surface area contributed by atoms with Crippen molar-refractivity contribution in [1.29, 1.82) is 0 Å². The van der Waals surface area contributed by atoms with E-state index in [1.807, 2.05) is 49.4 Å². The molecule has 25 heavy (non-hydrogen) atoms. The average Bonchev–Trinajstić information content (AvgIpc) is 2.61. The van der Waals surface area contributed by atoms with E-state index in [4.69, 9.17) is 10.5 Å². The third-order valence-electron chi connectivity index (χ3n) is 3.96. The molecule has 0 saturated heterocycles. The van der Waals surface area contributed by atoms with E-state index >= 15 is 0 Å². The predicted octanol–water partition coefficient (Wildman–Crippen LogP) is 3.91. The molecule has 1 amide bonds. The molecule has 3 N–H and O–H groups in total. The number of benzene rings is 2. The van der Waals surface area contributed by atoms with E-state index in [2.05, 4.69) is 17.4 Å². The molecule has 4 nitrogen and oxygen atoms in total. The molecule has 0 aromatic heterocycles. The summed E-state index contributed by atoms with van der Waals surface area (Å²) >= 11 is 0. The fraction of sp³-hybridized carbons (Fsp3) is 0.350. The van der Waals surface area contributed by atoms with Crippen molar-refractivity contribution in [3.63, 3.8) is 0 Å². The highest BCUT2D eigenvalue weighted by Crippen LogP contribution is 2.15. The van der Waals surface area contributed by atoms with Crippen LogP contribution in [0.1, 0.15) is 37.0 Å². The van der Waals surface area contributed by atoms with Crippen molar-refractivity contribution in [3.05, 3.63) is 65.7 Å². The first-order valence-corrected chi connectivity index (χ1v) is 8.43. The fourth-order valence-electron chi connectivity index (χ4n) is 2.48. The quantitative estimate of drug-likeness (QED) is 0.525. The summed E-state index contributed by atoms with van der Waals surface area (Å²) in [6.45, 7) is 3.30. The van der Waals surface area contributed by atoms with E-state index in [0.29, 0.717) is 26.0 Å². The van der Waals surface area contributed by atoms with Crippen molar-refractivity contribution in [2.75, 3.05) is 18.9 Å². The molecule has 0 aliphatic rings. The molecule has 1 atom stereocenters. The van der Waals surface area contributed by atoms with Crippen molar-refractivity contribution >= 4 is 24.0 Å². The molecule has 0 heterocycles. The molecule has 0 aliphatic heterocycles. The molecular formula is C20H27ClN2O2. The number of para-hydroxylation sites is 1. The Hall–Kier alpha value is -2.04. The highest BCUT2D eigenvalue weighted by Gasteiger charge is 2.06. The van der Waals surface area contributed by atoms with E-state index in [9.17, 15) is 4.79 Å². The standard InChI is InChI=1S/C20H26N2O2.ClH/c1-16(17-8-3-2-4-9-17)24-15-7-14-22-20(23)13-12-18-10-5-6-11-19(18)21;/h2-6,8-11,16H,7,12-15,21H2,1H3,(H,22,23);1H. The maximum atomic E-state index is 11.9. The van der Waals surface area contributed by atoms with E-state index in [-0.39, 0.29) is 24.4 Å². The normalized spacial score (nSPS) is 11.4. The van der Waals surface area contributed by atoms with Crippen molar-refractivity contribution in [3.8, 4) is 0 Å². The van der Waals surface area contributed by atoms with Gasteiger partial charge in [0.1, 0.15) is 0 Å². The van der Waals surface area contributed by atoms with Crippen LogP contribution in [-0.2, 0) is 16.0 Å². The molecule has 2 aromatic rings. The van der Waals surface area contributed by atoms with Crippen molar-refractivity contribution in [1.82, 2.24) is 5.32 Å². The van der Waals surface area contributed by atoms with E-state index in [0.717, 1.165) is 17.7 Å². The first-order chi connectivity index (χ1) is 11.7. The number of nitrogen functional groups attached to an aromatic ring is 1. The zero-order valence-corrected chi connectivity index (χ0v) is 15.4. The summed E-state index contributed by atoms with van der Waals surface area (Å²) in [5, 5.41) is 2.93. The summed E-state index contributed by atoms with van der Waals surface area (Å²) in [6, 6.07) is 17.8. The summed E-state index contributed by atoms with van der Waals surface area (Å²) in [4.78, 5) is 11.9. The molecule has 0 aliphatic carbocycles. The van der Waals surface area contributed by atoms with Crippen LogP contribution in [0.3, 0.4) is 0 Å². The average molecular weight is 363 g/mol. The minimum atomic E-state index is 0. The Balaban J connectivity index is 0.00000312. The second-order valence-corrected chi connectivity index (χ2v) is 5.83. The van der Waals surface area contributed by atoms with Crippen LogP contribution in [0.5, 0.6) is 0 Å². The number of aryl methyl sites for hydroxylation is 1. The molecule has 2 aromatic carbocycles. The molecule has 0 radical (unpaired) electrons. The van der Waals surface area contributed by atoms with Gasteiger partial charge in [0.05, 0.1) is 6.10 Å². The van der Waals surface area contributed by atoms with Gasteiger partial charge in [0.25, 0.3) is 0 Å². The molecule has 5 heteroatoms. The summed E-state index contributed by atoms with van der Waals surface area (Å²) in [6.07, 6.45) is 1.99. The van der Waals surface area contributed by atoms with Crippen molar-refractivity contribution < 1.29 is 9.53 Å². The van der Waals surface area contributed by atoms with Crippen molar-refractivity contribution in [2.45, 2.75) is 32.3 Å². The first-order valence-electron chi connectivity index (χ1n) is 8.43. The van der Waals surface area contributed by atoms with Gasteiger partial charge in [0, 0.05) is 25.3 Å². The number of nitrogens with one attached hydrogen (secondary N) is 1. The second-order valence-electron chi connectivity index (χ2n) is 5.83. The molecule has 0 bridgehead atoms. The highest BCUT2D eigenvalue weighted by molar-refractivity contribution is 5.85. The van der Waals surface area contributed by atoms with E-state index < -0.39 is 0 Å². The maximum absolute atomic E-state index is 11.9.